The summed E-state index contributed by atoms with van der Waals surface area (Å²) in [6, 6.07) is 0. The first-order chi connectivity index (χ1) is 12.9. The van der Waals surface area contributed by atoms with Crippen LogP contribution in [0.1, 0.15) is 125 Å². The molecule has 188 valence electrons. The van der Waals surface area contributed by atoms with Crippen LogP contribution in [0.5, 0.6) is 0 Å². The van der Waals surface area contributed by atoms with Gasteiger partial charge in [0.2, 0.25) is 0 Å². The van der Waals surface area contributed by atoms with Crippen LogP contribution in [0.15, 0.2) is 6.08 Å². The largest absolute Gasteiger partial charge is 0.518 e. The van der Waals surface area contributed by atoms with E-state index in [2.05, 4.69) is 125 Å². The molecule has 0 aromatic heterocycles. The van der Waals surface area contributed by atoms with Gasteiger partial charge in [-0.1, -0.05) is 94.9 Å². The van der Waals surface area contributed by atoms with Crippen LogP contribution in [0, 0.1) is 63.2 Å². The fourth-order valence-corrected chi connectivity index (χ4v) is 5.57. The van der Waals surface area contributed by atoms with E-state index in [1.807, 2.05) is 6.08 Å². The van der Waals surface area contributed by atoms with E-state index in [4.69, 9.17) is 6.58 Å². The molecule has 0 fully saturated rings. The molecule has 32 heavy (non-hydrogen) atoms. The van der Waals surface area contributed by atoms with Gasteiger partial charge >= 0.3 is 0 Å². The molecule has 0 aromatic carbocycles. The van der Waals surface area contributed by atoms with E-state index in [0.717, 1.165) is 0 Å². The predicted octanol–water partition coefficient (Wildman–Crippen LogP) is 10.2. The standard InChI is InChI=1S/C17H34.C13H24.2Y/c1-12(2)16(8,9)14(15(5,6)7)17(10,11)13(3)4;1-9-11(12(4,5)6)13(7,8)10(2)3;;/h14H,1-11H3;1,9,11H,2-8H3;;/q2*-2;;. The Morgan fingerprint density at radius 3 is 0.844 bits per heavy atom. The third kappa shape index (κ3) is 11.3. The van der Waals surface area contributed by atoms with Gasteiger partial charge in [-0.2, -0.15) is 57.8 Å². The number of rotatable bonds is 7. The fourth-order valence-electron chi connectivity index (χ4n) is 5.57. The third-order valence-electron chi connectivity index (χ3n) is 8.08. The molecule has 0 aliphatic carbocycles. The van der Waals surface area contributed by atoms with Crippen molar-refractivity contribution in [3.05, 3.63) is 30.4 Å². The van der Waals surface area contributed by atoms with Crippen molar-refractivity contribution >= 4 is 0 Å². The molecule has 0 aliphatic rings. The fraction of sp³-hybridized carbons (Fsp3) is 0.833. The Bertz CT molecular complexity index is 488. The normalized spacial score (nSPS) is 14.6. The van der Waals surface area contributed by atoms with Gasteiger partial charge in [0.1, 0.15) is 0 Å². The Morgan fingerprint density at radius 1 is 0.500 bits per heavy atom. The molecule has 0 bridgehead atoms. The van der Waals surface area contributed by atoms with E-state index >= 15 is 0 Å². The second-order valence-electron chi connectivity index (χ2n) is 14.0. The molecule has 2 radical (unpaired) electrons. The van der Waals surface area contributed by atoms with Gasteiger partial charge in [-0.25, -0.2) is 0 Å². The van der Waals surface area contributed by atoms with Gasteiger partial charge in [0.15, 0.2) is 0 Å². The summed E-state index contributed by atoms with van der Waals surface area (Å²) in [6.07, 6.45) is 1.85. The maximum absolute atomic E-state index is 5.74. The van der Waals surface area contributed by atoms with Crippen molar-refractivity contribution in [2.45, 2.75) is 125 Å². The summed E-state index contributed by atoms with van der Waals surface area (Å²) in [5, 5.41) is 0. The van der Waals surface area contributed by atoms with Gasteiger partial charge in [-0.15, -0.1) is 0 Å². The molecular formula is C30H58Y2-4. The van der Waals surface area contributed by atoms with Crippen molar-refractivity contribution in [1.82, 2.24) is 0 Å². The van der Waals surface area contributed by atoms with Crippen LogP contribution in [0.2, 0.25) is 0 Å². The van der Waals surface area contributed by atoms with Crippen molar-refractivity contribution < 1.29 is 65.4 Å². The van der Waals surface area contributed by atoms with Crippen LogP contribution >= 0.6 is 0 Å². The monoisotopic (exact) mass is 596 g/mol. The molecule has 2 heteroatoms. The molecule has 0 nitrogen and oxygen atoms in total. The smallest absolute Gasteiger partial charge is 0 e. The van der Waals surface area contributed by atoms with Gasteiger partial charge in [0, 0.05) is 65.4 Å². The zero-order valence-corrected chi connectivity index (χ0v) is 31.1. The van der Waals surface area contributed by atoms with Crippen LogP contribution < -0.4 is 0 Å². The summed E-state index contributed by atoms with van der Waals surface area (Å²) < 4.78 is 0. The van der Waals surface area contributed by atoms with E-state index in [-0.39, 0.29) is 87.1 Å². The number of hydrogen-bond donors (Lipinski definition) is 0. The Morgan fingerprint density at radius 2 is 0.750 bits per heavy atom. The maximum Gasteiger partial charge on any atom is 0 e. The molecule has 1 atom stereocenters. The molecular weight excluding hydrogens is 538 g/mol. The first-order valence-electron chi connectivity index (χ1n) is 11.9. The topological polar surface area (TPSA) is 0 Å². The quantitative estimate of drug-likeness (QED) is 0.257. The Labute approximate surface area is 256 Å². The molecule has 1 unspecified atom stereocenters. The Hall–Kier alpha value is 1.95. The third-order valence-corrected chi connectivity index (χ3v) is 8.08. The molecule has 0 aliphatic heterocycles. The van der Waals surface area contributed by atoms with Crippen molar-refractivity contribution in [1.29, 1.82) is 0 Å². The molecule has 0 N–H and O–H groups in total. The van der Waals surface area contributed by atoms with Gasteiger partial charge in [0.05, 0.1) is 0 Å². The molecule has 0 amide bonds. The maximum atomic E-state index is 5.74. The second kappa shape index (κ2) is 14.6. The molecule has 0 aromatic rings. The minimum absolute atomic E-state index is 0. The van der Waals surface area contributed by atoms with Crippen molar-refractivity contribution in [3.8, 4) is 0 Å². The van der Waals surface area contributed by atoms with Crippen LogP contribution in [0.4, 0.5) is 0 Å². The van der Waals surface area contributed by atoms with E-state index < -0.39 is 0 Å². The van der Waals surface area contributed by atoms with Crippen LogP contribution in [-0.4, -0.2) is 0 Å². The zero-order chi connectivity index (χ0) is 25.1. The zero-order valence-electron chi connectivity index (χ0n) is 25.5. The molecule has 0 heterocycles. The second-order valence-corrected chi connectivity index (χ2v) is 14.0. The summed E-state index contributed by atoms with van der Waals surface area (Å²) in [5.74, 6) is 5.56. The van der Waals surface area contributed by atoms with Crippen LogP contribution in [0.3, 0.4) is 0 Å². The Balaban J connectivity index is -0.000000238. The predicted molar refractivity (Wildman–Crippen MR) is 140 cm³/mol. The molecule has 0 saturated carbocycles. The average Bonchev–Trinajstić information content (AvgIpc) is 2.43. The molecule has 0 spiro atoms. The van der Waals surface area contributed by atoms with Crippen LogP contribution in [-0.2, 0) is 65.4 Å². The Kier molecular flexibility index (Phi) is 18.8. The van der Waals surface area contributed by atoms with Crippen molar-refractivity contribution in [2.24, 2.45) is 38.9 Å². The van der Waals surface area contributed by atoms with E-state index in [9.17, 15) is 0 Å². The minimum atomic E-state index is 0. The molecule has 0 rings (SSSR count). The van der Waals surface area contributed by atoms with Gasteiger partial charge in [-0.3, -0.25) is 6.08 Å². The van der Waals surface area contributed by atoms with Crippen molar-refractivity contribution in [3.63, 3.8) is 0 Å². The molecule has 0 saturated heterocycles. The van der Waals surface area contributed by atoms with Gasteiger partial charge in [0.25, 0.3) is 0 Å². The number of allylic oxidation sites excluding steroid dienone is 1. The van der Waals surface area contributed by atoms with E-state index in [0.29, 0.717) is 17.3 Å². The summed E-state index contributed by atoms with van der Waals surface area (Å²) in [4.78, 5) is 0. The van der Waals surface area contributed by atoms with E-state index in [1.165, 1.54) is 17.8 Å². The summed E-state index contributed by atoms with van der Waals surface area (Å²) in [6.45, 7) is 47.2. The van der Waals surface area contributed by atoms with Gasteiger partial charge < -0.3 is 24.3 Å². The SMILES string of the molecule is C[C-](C)C(C)(C)C(C(C)(C)C)C(C)(C)[C-](C)C.[CH-]=CC(C(C)(C)C)C(C)(C)[C-](C)C.[Y].[Y]. The number of hydrogen-bond acceptors (Lipinski definition) is 0. The first-order valence-corrected chi connectivity index (χ1v) is 11.9. The van der Waals surface area contributed by atoms with Crippen LogP contribution in [0.25, 0.3) is 0 Å². The minimum Gasteiger partial charge on any atom is -0.518 e. The summed E-state index contributed by atoms with van der Waals surface area (Å²) >= 11 is 0. The van der Waals surface area contributed by atoms with Crippen molar-refractivity contribution in [2.75, 3.05) is 0 Å². The average molecular weight is 597 g/mol. The van der Waals surface area contributed by atoms with E-state index in [1.54, 1.807) is 0 Å². The summed E-state index contributed by atoms with van der Waals surface area (Å²) in [7, 11) is 0. The summed E-state index contributed by atoms with van der Waals surface area (Å²) in [5.41, 5.74) is 1.25. The van der Waals surface area contributed by atoms with Gasteiger partial charge in [-0.05, 0) is 10.8 Å². The first kappa shape index (κ1) is 41.1.